The Kier molecular flexibility index (Phi) is 3.89. The van der Waals surface area contributed by atoms with E-state index in [1.807, 2.05) is 0 Å². The standard InChI is InChI=1S/C16H28O2/c1-10-7-11(2)14(12(3)8-10)15-17-13(4)9-16(5,6)18-15/h7,11-15H,8-9H2,1-6H3/t11-,12-,13+,14-,15-/m0/s1. The number of hydrogen-bond acceptors (Lipinski definition) is 2. The van der Waals surface area contributed by atoms with Gasteiger partial charge in [-0.2, -0.15) is 0 Å². The van der Waals surface area contributed by atoms with Crippen molar-refractivity contribution in [2.75, 3.05) is 0 Å². The minimum Gasteiger partial charge on any atom is -0.349 e. The lowest BCUT2D eigenvalue weighted by Crippen LogP contribution is -2.49. The summed E-state index contributed by atoms with van der Waals surface area (Å²) < 4.78 is 12.3. The zero-order valence-electron chi connectivity index (χ0n) is 12.7. The molecular formula is C16H28O2. The van der Waals surface area contributed by atoms with E-state index < -0.39 is 0 Å². The van der Waals surface area contributed by atoms with E-state index in [0.717, 1.165) is 6.42 Å². The molecule has 0 aromatic carbocycles. The second-order valence-corrected chi connectivity index (χ2v) is 7.03. The summed E-state index contributed by atoms with van der Waals surface area (Å²) in [6.07, 6.45) is 4.80. The van der Waals surface area contributed by atoms with Crippen molar-refractivity contribution >= 4 is 0 Å². The van der Waals surface area contributed by atoms with Crippen LogP contribution in [0.1, 0.15) is 54.4 Å². The molecule has 0 spiro atoms. The largest absolute Gasteiger partial charge is 0.349 e. The van der Waals surface area contributed by atoms with Crippen LogP contribution in [0.2, 0.25) is 0 Å². The van der Waals surface area contributed by atoms with E-state index >= 15 is 0 Å². The van der Waals surface area contributed by atoms with Gasteiger partial charge in [0.1, 0.15) is 0 Å². The molecule has 18 heavy (non-hydrogen) atoms. The zero-order chi connectivity index (χ0) is 13.5. The molecule has 0 N–H and O–H groups in total. The third-order valence-corrected chi connectivity index (χ3v) is 4.35. The van der Waals surface area contributed by atoms with Gasteiger partial charge >= 0.3 is 0 Å². The SMILES string of the molecule is CC1=C[C@H](C)[C@H]([C@H]2O[C@H](C)CC(C)(C)O2)[C@@H](C)C1. The summed E-state index contributed by atoms with van der Waals surface area (Å²) in [5, 5.41) is 0. The molecular weight excluding hydrogens is 224 g/mol. The highest BCUT2D eigenvalue weighted by Gasteiger charge is 2.42. The van der Waals surface area contributed by atoms with Gasteiger partial charge < -0.3 is 9.47 Å². The third-order valence-electron chi connectivity index (χ3n) is 4.35. The van der Waals surface area contributed by atoms with E-state index in [0.29, 0.717) is 23.9 Å². The van der Waals surface area contributed by atoms with Gasteiger partial charge in [-0.15, -0.1) is 0 Å². The highest BCUT2D eigenvalue weighted by Crippen LogP contribution is 2.41. The van der Waals surface area contributed by atoms with Gasteiger partial charge in [0.05, 0.1) is 11.7 Å². The first kappa shape index (κ1) is 14.1. The second-order valence-electron chi connectivity index (χ2n) is 7.03. The molecule has 0 amide bonds. The van der Waals surface area contributed by atoms with Crippen LogP contribution in [0.3, 0.4) is 0 Å². The summed E-state index contributed by atoms with van der Waals surface area (Å²) >= 11 is 0. The Morgan fingerprint density at radius 3 is 2.44 bits per heavy atom. The molecule has 1 fully saturated rings. The molecule has 0 unspecified atom stereocenters. The average molecular weight is 252 g/mol. The molecule has 1 aliphatic carbocycles. The molecule has 2 nitrogen and oxygen atoms in total. The van der Waals surface area contributed by atoms with Crippen molar-refractivity contribution in [1.29, 1.82) is 0 Å². The molecule has 1 saturated heterocycles. The van der Waals surface area contributed by atoms with Crippen LogP contribution in [0.15, 0.2) is 11.6 Å². The van der Waals surface area contributed by atoms with Gasteiger partial charge in [-0.25, -0.2) is 0 Å². The van der Waals surface area contributed by atoms with Crippen molar-refractivity contribution in [2.45, 2.75) is 72.4 Å². The first-order chi connectivity index (χ1) is 8.28. The Morgan fingerprint density at radius 2 is 1.89 bits per heavy atom. The van der Waals surface area contributed by atoms with Gasteiger partial charge in [0.2, 0.25) is 0 Å². The Balaban J connectivity index is 2.15. The number of hydrogen-bond donors (Lipinski definition) is 0. The fraction of sp³-hybridized carbons (Fsp3) is 0.875. The second kappa shape index (κ2) is 4.97. The summed E-state index contributed by atoms with van der Waals surface area (Å²) in [6, 6.07) is 0. The predicted octanol–water partition coefficient (Wildman–Crippen LogP) is 4.15. The molecule has 104 valence electrons. The number of allylic oxidation sites excluding steroid dienone is 2. The lowest BCUT2D eigenvalue weighted by molar-refractivity contribution is -0.296. The molecule has 2 rings (SSSR count). The first-order valence-corrected chi connectivity index (χ1v) is 7.29. The van der Waals surface area contributed by atoms with Gasteiger partial charge in [-0.3, -0.25) is 0 Å². The summed E-state index contributed by atoms with van der Waals surface area (Å²) in [7, 11) is 0. The molecule has 0 aromatic heterocycles. The van der Waals surface area contributed by atoms with Crippen molar-refractivity contribution in [3.63, 3.8) is 0 Å². The van der Waals surface area contributed by atoms with Gasteiger partial charge in [0.25, 0.3) is 0 Å². The summed E-state index contributed by atoms with van der Waals surface area (Å²) in [5.41, 5.74) is 1.45. The van der Waals surface area contributed by atoms with Crippen LogP contribution in [-0.4, -0.2) is 18.0 Å². The monoisotopic (exact) mass is 252 g/mol. The van der Waals surface area contributed by atoms with Crippen LogP contribution in [-0.2, 0) is 9.47 Å². The topological polar surface area (TPSA) is 18.5 Å². The Labute approximate surface area is 112 Å². The van der Waals surface area contributed by atoms with Crippen LogP contribution in [0, 0.1) is 17.8 Å². The van der Waals surface area contributed by atoms with Crippen molar-refractivity contribution < 1.29 is 9.47 Å². The maximum Gasteiger partial charge on any atom is 0.162 e. The van der Waals surface area contributed by atoms with Crippen LogP contribution < -0.4 is 0 Å². The molecule has 0 radical (unpaired) electrons. The zero-order valence-corrected chi connectivity index (χ0v) is 12.7. The fourth-order valence-electron chi connectivity index (χ4n) is 3.84. The minimum atomic E-state index is -0.0576. The van der Waals surface area contributed by atoms with Crippen LogP contribution >= 0.6 is 0 Å². The van der Waals surface area contributed by atoms with E-state index in [4.69, 9.17) is 9.47 Å². The van der Waals surface area contributed by atoms with E-state index in [-0.39, 0.29) is 11.9 Å². The van der Waals surface area contributed by atoms with E-state index in [1.165, 1.54) is 12.0 Å². The quantitative estimate of drug-likeness (QED) is 0.653. The number of rotatable bonds is 1. The minimum absolute atomic E-state index is 0.0434. The first-order valence-electron chi connectivity index (χ1n) is 7.29. The molecule has 1 aliphatic heterocycles. The Hall–Kier alpha value is -0.340. The van der Waals surface area contributed by atoms with Crippen LogP contribution in [0.25, 0.3) is 0 Å². The highest BCUT2D eigenvalue weighted by molar-refractivity contribution is 5.09. The average Bonchev–Trinajstić information content (AvgIpc) is 2.11. The maximum atomic E-state index is 6.21. The lowest BCUT2D eigenvalue weighted by Gasteiger charge is -2.46. The van der Waals surface area contributed by atoms with E-state index in [9.17, 15) is 0 Å². The molecule has 0 aromatic rings. The van der Waals surface area contributed by atoms with Crippen molar-refractivity contribution in [2.24, 2.45) is 17.8 Å². The highest BCUT2D eigenvalue weighted by atomic mass is 16.7. The smallest absolute Gasteiger partial charge is 0.162 e. The predicted molar refractivity (Wildman–Crippen MR) is 74.3 cm³/mol. The molecule has 2 heteroatoms. The summed E-state index contributed by atoms with van der Waals surface area (Å²) in [5.74, 6) is 1.66. The van der Waals surface area contributed by atoms with Crippen LogP contribution in [0.5, 0.6) is 0 Å². The summed E-state index contributed by atoms with van der Waals surface area (Å²) in [4.78, 5) is 0. The number of ether oxygens (including phenoxy) is 2. The van der Waals surface area contributed by atoms with Crippen LogP contribution in [0.4, 0.5) is 0 Å². The van der Waals surface area contributed by atoms with Crippen molar-refractivity contribution in [3.8, 4) is 0 Å². The van der Waals surface area contributed by atoms with E-state index in [1.54, 1.807) is 0 Å². The van der Waals surface area contributed by atoms with E-state index in [2.05, 4.69) is 47.6 Å². The van der Waals surface area contributed by atoms with Gasteiger partial charge in [-0.1, -0.05) is 25.5 Å². The van der Waals surface area contributed by atoms with Gasteiger partial charge in [0, 0.05) is 12.3 Å². The molecule has 0 bridgehead atoms. The Morgan fingerprint density at radius 1 is 1.22 bits per heavy atom. The molecule has 0 saturated carbocycles. The molecule has 5 atom stereocenters. The lowest BCUT2D eigenvalue weighted by atomic mass is 9.74. The third kappa shape index (κ3) is 2.97. The Bertz CT molecular complexity index is 332. The molecule has 2 aliphatic rings. The fourth-order valence-corrected chi connectivity index (χ4v) is 3.84. The summed E-state index contributed by atoms with van der Waals surface area (Å²) in [6.45, 7) is 13.4. The maximum absolute atomic E-state index is 6.21. The van der Waals surface area contributed by atoms with Gasteiger partial charge in [0.15, 0.2) is 6.29 Å². The normalized spacial score (nSPS) is 44.6. The van der Waals surface area contributed by atoms with Gasteiger partial charge in [-0.05, 0) is 46.0 Å². The molecule has 1 heterocycles. The van der Waals surface area contributed by atoms with Crippen molar-refractivity contribution in [1.82, 2.24) is 0 Å². The van der Waals surface area contributed by atoms with Crippen molar-refractivity contribution in [3.05, 3.63) is 11.6 Å².